The Hall–Kier alpha value is 0.354. The van der Waals surface area contributed by atoms with Crippen LogP contribution in [0.2, 0.25) is 36.3 Å². The average molecular weight is 649 g/mol. The Labute approximate surface area is 280 Å². The summed E-state index contributed by atoms with van der Waals surface area (Å²) in [4.78, 5) is 0. The molecule has 0 unspecified atom stereocenters. The molecule has 0 atom stereocenters. The van der Waals surface area contributed by atoms with Gasteiger partial charge in [-0.25, -0.2) is 0 Å². The second kappa shape index (κ2) is 22.8. The minimum atomic E-state index is -0.593. The van der Waals surface area contributed by atoms with E-state index in [2.05, 4.69) is 27.7 Å². The molecule has 0 aromatic heterocycles. The van der Waals surface area contributed by atoms with Gasteiger partial charge in [-0.3, -0.25) is 0 Å². The topological polar surface area (TPSA) is 18.5 Å². The van der Waals surface area contributed by atoms with E-state index in [-0.39, 0.29) is 11.2 Å². The molecular formula is C40H80O2Si2. The van der Waals surface area contributed by atoms with Crippen LogP contribution >= 0.6 is 0 Å². The van der Waals surface area contributed by atoms with Crippen molar-refractivity contribution in [3.63, 3.8) is 0 Å². The summed E-state index contributed by atoms with van der Waals surface area (Å²) < 4.78 is 14.1. The number of ether oxygens (including phenoxy) is 2. The van der Waals surface area contributed by atoms with Crippen molar-refractivity contribution >= 4 is 17.6 Å². The fourth-order valence-electron chi connectivity index (χ4n) is 10.1. The SMILES string of the molecule is CCCCCC[SiH](CCCCCC)CCCOC12CC3CC(C1)CC(OCCC[SiH](CCCCCC)CCCCCC)(C3)C2. The maximum atomic E-state index is 7.03. The highest BCUT2D eigenvalue weighted by molar-refractivity contribution is 6.59. The maximum Gasteiger partial charge on any atom is 0.0715 e. The van der Waals surface area contributed by atoms with E-state index in [4.69, 9.17) is 9.47 Å². The first-order valence-corrected chi connectivity index (χ1v) is 25.7. The molecule has 44 heavy (non-hydrogen) atoms. The highest BCUT2D eigenvalue weighted by Crippen LogP contribution is 2.60. The first-order chi connectivity index (χ1) is 21.6. The quantitative estimate of drug-likeness (QED) is 0.0570. The lowest BCUT2D eigenvalue weighted by molar-refractivity contribution is -0.236. The van der Waals surface area contributed by atoms with Gasteiger partial charge < -0.3 is 9.47 Å². The van der Waals surface area contributed by atoms with E-state index < -0.39 is 17.6 Å². The maximum absolute atomic E-state index is 7.03. The van der Waals surface area contributed by atoms with E-state index >= 15 is 0 Å². The summed E-state index contributed by atoms with van der Waals surface area (Å²) in [6, 6.07) is 9.45. The zero-order chi connectivity index (χ0) is 31.4. The smallest absolute Gasteiger partial charge is 0.0715 e. The Morgan fingerprint density at radius 3 is 1.07 bits per heavy atom. The van der Waals surface area contributed by atoms with Crippen molar-refractivity contribution in [2.45, 2.75) is 229 Å². The van der Waals surface area contributed by atoms with Gasteiger partial charge in [-0.05, 0) is 56.8 Å². The summed E-state index contributed by atoms with van der Waals surface area (Å²) in [5.74, 6) is 1.74. The average Bonchev–Trinajstić information content (AvgIpc) is 3.00. The summed E-state index contributed by atoms with van der Waals surface area (Å²) in [6.07, 6.45) is 33.9. The number of rotatable bonds is 30. The summed E-state index contributed by atoms with van der Waals surface area (Å²) >= 11 is 0. The highest BCUT2D eigenvalue weighted by Gasteiger charge is 2.59. The van der Waals surface area contributed by atoms with Gasteiger partial charge in [0.15, 0.2) is 0 Å². The Balaban J connectivity index is 1.42. The van der Waals surface area contributed by atoms with E-state index in [0.717, 1.165) is 25.0 Å². The second-order valence-corrected chi connectivity index (χ2v) is 23.4. The van der Waals surface area contributed by atoms with Gasteiger partial charge >= 0.3 is 0 Å². The van der Waals surface area contributed by atoms with E-state index in [1.165, 1.54) is 166 Å². The lowest BCUT2D eigenvalue weighted by Crippen LogP contribution is -2.61. The van der Waals surface area contributed by atoms with Crippen molar-refractivity contribution in [2.24, 2.45) is 11.8 Å². The molecule has 0 amide bonds. The molecule has 0 spiro atoms. The third kappa shape index (κ3) is 14.6. The molecule has 4 bridgehead atoms. The summed E-state index contributed by atoms with van der Waals surface area (Å²) in [5, 5.41) is 0. The summed E-state index contributed by atoms with van der Waals surface area (Å²) in [5.41, 5.74) is 0.332. The second-order valence-electron chi connectivity index (χ2n) is 16.4. The minimum absolute atomic E-state index is 0.166. The Bertz CT molecular complexity index is 607. The number of unbranched alkanes of at least 4 members (excludes halogenated alkanes) is 12. The molecule has 260 valence electrons. The van der Waals surface area contributed by atoms with Crippen LogP contribution in [0.5, 0.6) is 0 Å². The van der Waals surface area contributed by atoms with Crippen molar-refractivity contribution in [3.8, 4) is 0 Å². The van der Waals surface area contributed by atoms with E-state index in [1.54, 1.807) is 24.2 Å². The van der Waals surface area contributed by atoms with Crippen LogP contribution in [0.4, 0.5) is 0 Å². The largest absolute Gasteiger partial charge is 0.375 e. The molecule has 4 saturated carbocycles. The normalized spacial score (nSPS) is 26.0. The molecule has 0 aromatic rings. The molecule has 0 saturated heterocycles. The minimum Gasteiger partial charge on any atom is -0.375 e. The monoisotopic (exact) mass is 649 g/mol. The first-order valence-electron chi connectivity index (χ1n) is 20.8. The van der Waals surface area contributed by atoms with Crippen molar-refractivity contribution in [1.29, 1.82) is 0 Å². The first kappa shape index (κ1) is 38.8. The highest BCUT2D eigenvalue weighted by atomic mass is 28.3. The van der Waals surface area contributed by atoms with Gasteiger partial charge in [-0.2, -0.15) is 0 Å². The third-order valence-corrected chi connectivity index (χ3v) is 19.5. The van der Waals surface area contributed by atoms with Gasteiger partial charge in [0.25, 0.3) is 0 Å². The Morgan fingerprint density at radius 2 is 0.750 bits per heavy atom. The van der Waals surface area contributed by atoms with Gasteiger partial charge in [0.1, 0.15) is 0 Å². The molecule has 4 fully saturated rings. The van der Waals surface area contributed by atoms with Crippen molar-refractivity contribution in [1.82, 2.24) is 0 Å². The molecule has 4 aliphatic carbocycles. The molecular weight excluding hydrogens is 569 g/mol. The van der Waals surface area contributed by atoms with Crippen LogP contribution in [-0.4, -0.2) is 42.0 Å². The molecule has 0 N–H and O–H groups in total. The van der Waals surface area contributed by atoms with E-state index in [9.17, 15) is 0 Å². The summed E-state index contributed by atoms with van der Waals surface area (Å²) in [6.45, 7) is 11.5. The Kier molecular flexibility index (Phi) is 20.1. The molecule has 4 aliphatic rings. The lowest BCUT2D eigenvalue weighted by Gasteiger charge is -2.61. The van der Waals surface area contributed by atoms with Gasteiger partial charge in [0.2, 0.25) is 0 Å². The predicted octanol–water partition coefficient (Wildman–Crippen LogP) is 12.7. The van der Waals surface area contributed by atoms with Gasteiger partial charge in [0.05, 0.1) is 11.2 Å². The zero-order valence-corrected chi connectivity index (χ0v) is 33.1. The van der Waals surface area contributed by atoms with Crippen LogP contribution in [0, 0.1) is 11.8 Å². The van der Waals surface area contributed by atoms with Crippen LogP contribution in [0.1, 0.15) is 182 Å². The van der Waals surface area contributed by atoms with Gasteiger partial charge in [-0.1, -0.05) is 167 Å². The predicted molar refractivity (Wildman–Crippen MR) is 201 cm³/mol. The zero-order valence-electron chi connectivity index (χ0n) is 30.8. The van der Waals surface area contributed by atoms with E-state index in [1.807, 2.05) is 0 Å². The molecule has 0 heterocycles. The van der Waals surface area contributed by atoms with Gasteiger partial charge in [-0.15, -0.1) is 0 Å². The lowest BCUT2D eigenvalue weighted by atomic mass is 9.52. The molecule has 0 aromatic carbocycles. The number of hydrogen-bond acceptors (Lipinski definition) is 2. The molecule has 4 rings (SSSR count). The molecule has 4 heteroatoms. The van der Waals surface area contributed by atoms with Crippen molar-refractivity contribution in [2.75, 3.05) is 13.2 Å². The molecule has 0 radical (unpaired) electrons. The van der Waals surface area contributed by atoms with Crippen LogP contribution < -0.4 is 0 Å². The Morgan fingerprint density at radius 1 is 0.432 bits per heavy atom. The molecule has 0 aliphatic heterocycles. The van der Waals surface area contributed by atoms with Crippen molar-refractivity contribution < 1.29 is 9.47 Å². The van der Waals surface area contributed by atoms with E-state index in [0.29, 0.717) is 0 Å². The fourth-order valence-corrected chi connectivity index (χ4v) is 16.7. The number of hydrogen-bond donors (Lipinski definition) is 0. The fraction of sp³-hybridized carbons (Fsp3) is 1.00. The molecule has 2 nitrogen and oxygen atoms in total. The van der Waals surface area contributed by atoms with Crippen LogP contribution in [0.25, 0.3) is 0 Å². The third-order valence-electron chi connectivity index (χ3n) is 12.1. The van der Waals surface area contributed by atoms with Crippen LogP contribution in [0.15, 0.2) is 0 Å². The summed E-state index contributed by atoms with van der Waals surface area (Å²) in [7, 11) is -1.19. The standard InChI is InChI=1S/C40H80O2Si2/c1-5-9-13-17-25-43(26-18-14-10-6-2)29-21-23-41-39-32-37-31-38(33-39)35-40(34-37,36-39)42-24-22-30-44(27-19-15-11-7-3)28-20-16-12-8-4/h37-38,43-44H,5-36H2,1-4H3. The van der Waals surface area contributed by atoms with Crippen molar-refractivity contribution in [3.05, 3.63) is 0 Å². The van der Waals surface area contributed by atoms with Crippen LogP contribution in [0.3, 0.4) is 0 Å². The van der Waals surface area contributed by atoms with Gasteiger partial charge in [0, 0.05) is 37.2 Å². The van der Waals surface area contributed by atoms with Crippen LogP contribution in [-0.2, 0) is 9.47 Å².